The molecule has 224 valence electrons. The summed E-state index contributed by atoms with van der Waals surface area (Å²) in [4.78, 5) is 25.0. The van der Waals surface area contributed by atoms with Crippen molar-refractivity contribution in [1.82, 2.24) is 19.4 Å². The first-order valence-electron chi connectivity index (χ1n) is 14.4. The van der Waals surface area contributed by atoms with Crippen LogP contribution in [0.4, 0.5) is 23.0 Å². The number of nitrogens with zero attached hydrogens (tertiary/aromatic N) is 6. The number of aliphatic hydroxyl groups is 1. The summed E-state index contributed by atoms with van der Waals surface area (Å²) in [7, 11) is 7.25. The van der Waals surface area contributed by atoms with Gasteiger partial charge in [0.1, 0.15) is 17.5 Å². The fraction of sp³-hybridized carbons (Fsp3) is 0.375. The molecule has 0 aliphatic carbocycles. The maximum absolute atomic E-state index is 12.1. The lowest BCUT2D eigenvalue weighted by Crippen LogP contribution is -2.28. The zero-order valence-corrected chi connectivity index (χ0v) is 25.2. The van der Waals surface area contributed by atoms with Gasteiger partial charge in [-0.1, -0.05) is 37.0 Å². The van der Waals surface area contributed by atoms with Gasteiger partial charge < -0.3 is 29.5 Å². The van der Waals surface area contributed by atoms with E-state index in [1.807, 2.05) is 37.9 Å². The van der Waals surface area contributed by atoms with Crippen LogP contribution in [-0.4, -0.2) is 76.9 Å². The monoisotopic (exact) mass is 583 g/mol. The van der Waals surface area contributed by atoms with Gasteiger partial charge in [-0.15, -0.1) is 0 Å². The van der Waals surface area contributed by atoms with Crippen LogP contribution in [0.25, 0.3) is 22.2 Å². The summed E-state index contributed by atoms with van der Waals surface area (Å²) in [5.41, 5.74) is 5.35. The molecule has 2 aromatic heterocycles. The fourth-order valence-corrected chi connectivity index (χ4v) is 5.31. The normalized spacial score (nSPS) is 13.0. The quantitative estimate of drug-likeness (QED) is 0.154. The second-order valence-corrected chi connectivity index (χ2v) is 11.0. The van der Waals surface area contributed by atoms with E-state index < -0.39 is 11.0 Å². The number of nitro benzene ring substituents is 1. The maximum Gasteiger partial charge on any atom is 0.294 e. The molecular formula is C32H37N7O4. The van der Waals surface area contributed by atoms with Gasteiger partial charge >= 0.3 is 0 Å². The number of ether oxygens (including phenoxy) is 1. The Bertz CT molecular complexity index is 1720. The van der Waals surface area contributed by atoms with E-state index in [0.717, 1.165) is 36.9 Å². The van der Waals surface area contributed by atoms with Gasteiger partial charge in [0.2, 0.25) is 5.95 Å². The van der Waals surface area contributed by atoms with Crippen LogP contribution in [0.2, 0.25) is 0 Å². The summed E-state index contributed by atoms with van der Waals surface area (Å²) in [6.45, 7) is 4.11. The number of aliphatic hydroxyl groups excluding tert-OH is 1. The lowest BCUT2D eigenvalue weighted by atomic mass is 10.0. The Hall–Kier alpha value is -4.66. The molecule has 0 spiro atoms. The molecule has 1 atom stereocenters. The number of anilines is 3. The Morgan fingerprint density at radius 2 is 2.07 bits per heavy atom. The maximum atomic E-state index is 12.1. The van der Waals surface area contributed by atoms with Crippen LogP contribution in [-0.2, 0) is 13.0 Å². The Balaban J connectivity index is 1.60. The van der Waals surface area contributed by atoms with Crippen LogP contribution in [0.3, 0.4) is 0 Å². The van der Waals surface area contributed by atoms with Crippen LogP contribution in [0.1, 0.15) is 30.9 Å². The van der Waals surface area contributed by atoms with Gasteiger partial charge in [0, 0.05) is 62.2 Å². The van der Waals surface area contributed by atoms with Crippen LogP contribution in [0.5, 0.6) is 5.75 Å². The number of hydrogen-bond donors (Lipinski definition) is 2. The topological polar surface area (TPSA) is 122 Å². The first-order chi connectivity index (χ1) is 20.7. The summed E-state index contributed by atoms with van der Waals surface area (Å²) in [5.74, 6) is 6.63. The minimum Gasteiger partial charge on any atom is -0.494 e. The lowest BCUT2D eigenvalue weighted by molar-refractivity contribution is -0.384. The van der Waals surface area contributed by atoms with E-state index in [-0.39, 0.29) is 11.6 Å². The molecule has 4 aromatic rings. The van der Waals surface area contributed by atoms with E-state index in [1.165, 1.54) is 24.3 Å². The number of hydrogen-bond acceptors (Lipinski definition) is 9. The van der Waals surface area contributed by atoms with E-state index in [1.54, 1.807) is 12.3 Å². The standard InChI is InChI=1S/C32H37N7O4/c1-6-23(40)13-12-22-19-33-32(35-30(22)25-20-38-14-8-10-21-9-7-11-24(25)31(21)38)34-26-17-28(39(41)42)27(18-29(26)43-5)37(4)16-15-36(2)3/h7,9,11,17-20,23,40H,6,8,10,14-16H2,1-5H3,(H,33,34,35). The highest BCUT2D eigenvalue weighted by atomic mass is 16.6. The van der Waals surface area contributed by atoms with Gasteiger partial charge in [-0.05, 0) is 38.9 Å². The van der Waals surface area contributed by atoms with Crippen molar-refractivity contribution in [3.05, 3.63) is 64.0 Å². The Labute approximate surface area is 251 Å². The number of rotatable bonds is 10. The Kier molecular flexibility index (Phi) is 8.80. The predicted molar refractivity (Wildman–Crippen MR) is 169 cm³/mol. The van der Waals surface area contributed by atoms with E-state index in [2.05, 4.69) is 51.1 Å². The zero-order chi connectivity index (χ0) is 30.7. The number of nitrogens with one attached hydrogen (secondary N) is 1. The molecule has 11 nitrogen and oxygen atoms in total. The number of likely N-dealkylation sites (N-methyl/N-ethyl adjacent to an activating group) is 2. The van der Waals surface area contributed by atoms with Crippen LogP contribution >= 0.6 is 0 Å². The predicted octanol–water partition coefficient (Wildman–Crippen LogP) is 4.83. The average molecular weight is 584 g/mol. The molecular weight excluding hydrogens is 546 g/mol. The second kappa shape index (κ2) is 12.7. The van der Waals surface area contributed by atoms with Crippen molar-refractivity contribution in [2.24, 2.45) is 0 Å². The molecule has 2 N–H and O–H groups in total. The summed E-state index contributed by atoms with van der Waals surface area (Å²) in [5, 5.41) is 26.5. The van der Waals surface area contributed by atoms with E-state index in [4.69, 9.17) is 9.72 Å². The Morgan fingerprint density at radius 1 is 1.26 bits per heavy atom. The first-order valence-corrected chi connectivity index (χ1v) is 14.4. The highest BCUT2D eigenvalue weighted by Gasteiger charge is 2.24. The number of benzene rings is 2. The third kappa shape index (κ3) is 6.26. The highest BCUT2D eigenvalue weighted by Crippen LogP contribution is 2.40. The van der Waals surface area contributed by atoms with Crippen molar-refractivity contribution in [3.63, 3.8) is 0 Å². The fourth-order valence-electron chi connectivity index (χ4n) is 5.31. The van der Waals surface area contributed by atoms with Gasteiger partial charge in [-0.25, -0.2) is 9.97 Å². The van der Waals surface area contributed by atoms with Crippen LogP contribution in [0.15, 0.2) is 42.7 Å². The number of nitro groups is 1. The highest BCUT2D eigenvalue weighted by molar-refractivity contribution is 5.98. The van der Waals surface area contributed by atoms with Gasteiger partial charge in [-0.3, -0.25) is 10.1 Å². The van der Waals surface area contributed by atoms with Crippen molar-refractivity contribution >= 4 is 33.9 Å². The summed E-state index contributed by atoms with van der Waals surface area (Å²) in [6, 6.07) is 9.42. The van der Waals surface area contributed by atoms with Gasteiger partial charge in [0.25, 0.3) is 5.69 Å². The molecule has 1 aliphatic heterocycles. The smallest absolute Gasteiger partial charge is 0.294 e. The first kappa shape index (κ1) is 29.8. The van der Waals surface area contributed by atoms with E-state index in [9.17, 15) is 15.2 Å². The van der Waals surface area contributed by atoms with Gasteiger partial charge in [0.05, 0.1) is 34.5 Å². The van der Waals surface area contributed by atoms with Gasteiger partial charge in [0.15, 0.2) is 0 Å². The molecule has 0 bridgehead atoms. The minimum atomic E-state index is -0.764. The third-order valence-corrected chi connectivity index (χ3v) is 7.66. The molecule has 1 unspecified atom stereocenters. The molecule has 0 saturated carbocycles. The second-order valence-electron chi connectivity index (χ2n) is 11.0. The average Bonchev–Trinajstić information content (AvgIpc) is 3.38. The number of aromatic nitrogens is 3. The largest absolute Gasteiger partial charge is 0.494 e. The van der Waals surface area contributed by atoms with Crippen LogP contribution in [0, 0.1) is 22.0 Å². The van der Waals surface area contributed by atoms with Crippen molar-refractivity contribution in [2.75, 3.05) is 51.6 Å². The lowest BCUT2D eigenvalue weighted by Gasteiger charge is -2.22. The van der Waals surface area contributed by atoms with E-state index >= 15 is 0 Å². The third-order valence-electron chi connectivity index (χ3n) is 7.66. The number of methoxy groups -OCH3 is 1. The number of aryl methyl sites for hydroxylation is 2. The van der Waals surface area contributed by atoms with Crippen molar-refractivity contribution < 1.29 is 14.8 Å². The molecule has 2 aromatic carbocycles. The minimum absolute atomic E-state index is 0.0604. The molecule has 11 heteroatoms. The molecule has 0 saturated heterocycles. The zero-order valence-electron chi connectivity index (χ0n) is 25.2. The molecule has 5 rings (SSSR count). The van der Waals surface area contributed by atoms with Crippen molar-refractivity contribution in [1.29, 1.82) is 0 Å². The molecule has 0 radical (unpaired) electrons. The van der Waals surface area contributed by atoms with Crippen molar-refractivity contribution in [3.8, 4) is 28.8 Å². The molecule has 43 heavy (non-hydrogen) atoms. The summed E-state index contributed by atoms with van der Waals surface area (Å²) >= 11 is 0. The van der Waals surface area contributed by atoms with Gasteiger partial charge in [-0.2, -0.15) is 0 Å². The number of para-hydroxylation sites is 1. The molecule has 0 fully saturated rings. The van der Waals surface area contributed by atoms with Crippen molar-refractivity contribution in [2.45, 2.75) is 38.8 Å². The van der Waals surface area contributed by atoms with E-state index in [0.29, 0.717) is 41.3 Å². The molecule has 3 heterocycles. The Morgan fingerprint density at radius 3 is 2.79 bits per heavy atom. The van der Waals surface area contributed by atoms with Crippen LogP contribution < -0.4 is 15.0 Å². The summed E-state index contributed by atoms with van der Waals surface area (Å²) < 4.78 is 7.91. The SMILES string of the molecule is CCC(O)C#Cc1cnc(Nc2cc([N+](=O)[O-])c(N(C)CCN(C)C)cc2OC)nc1-c1cn2c3c(cccc13)CCC2. The summed E-state index contributed by atoms with van der Waals surface area (Å²) in [6.07, 6.45) is 5.54. The molecule has 0 amide bonds. The molecule has 1 aliphatic rings.